The predicted octanol–water partition coefficient (Wildman–Crippen LogP) is 3.89. The van der Waals surface area contributed by atoms with E-state index in [0.717, 1.165) is 11.1 Å². The summed E-state index contributed by atoms with van der Waals surface area (Å²) in [5, 5.41) is 0. The Kier molecular flexibility index (Phi) is 5.44. The van der Waals surface area contributed by atoms with E-state index in [9.17, 15) is 14.0 Å². The Morgan fingerprint density at radius 3 is 2.48 bits per heavy atom. The van der Waals surface area contributed by atoms with Crippen molar-refractivity contribution in [2.24, 2.45) is 5.73 Å². The zero-order valence-corrected chi connectivity index (χ0v) is 15.2. The minimum absolute atomic E-state index is 0.135. The van der Waals surface area contributed by atoms with Crippen molar-refractivity contribution in [1.82, 2.24) is 4.90 Å². The Morgan fingerprint density at radius 1 is 1.22 bits per heavy atom. The summed E-state index contributed by atoms with van der Waals surface area (Å²) >= 11 is 0. The van der Waals surface area contributed by atoms with E-state index in [1.807, 2.05) is 37.3 Å². The minimum atomic E-state index is -0.869. The zero-order chi connectivity index (χ0) is 19.4. The molecule has 6 heteroatoms. The lowest BCUT2D eigenvalue weighted by molar-refractivity contribution is -0.121. The summed E-state index contributed by atoms with van der Waals surface area (Å²) in [5.41, 5.74) is 6.14. The number of halogens is 1. The fourth-order valence-electron chi connectivity index (χ4n) is 3.53. The monoisotopic (exact) mass is 370 g/mol. The van der Waals surface area contributed by atoms with Crippen molar-refractivity contribution >= 4 is 12.0 Å². The number of rotatable bonds is 6. The molecule has 2 atom stereocenters. The molecular weight excluding hydrogens is 347 g/mol. The molecule has 1 fully saturated rings. The molecule has 0 saturated carbocycles. The molecule has 2 aromatic rings. The van der Waals surface area contributed by atoms with Crippen LogP contribution in [0.3, 0.4) is 0 Å². The van der Waals surface area contributed by atoms with Gasteiger partial charge in [-0.1, -0.05) is 42.5 Å². The molecule has 142 valence electrons. The smallest absolute Gasteiger partial charge is 0.411 e. The van der Waals surface area contributed by atoms with Crippen LogP contribution in [0.2, 0.25) is 0 Å². The summed E-state index contributed by atoms with van der Waals surface area (Å²) in [6, 6.07) is 15.3. The van der Waals surface area contributed by atoms with Crippen molar-refractivity contribution in [2.45, 2.75) is 37.8 Å². The summed E-state index contributed by atoms with van der Waals surface area (Å²) in [7, 11) is 0. The summed E-state index contributed by atoms with van der Waals surface area (Å²) in [5.74, 6) is -0.745. The van der Waals surface area contributed by atoms with Crippen molar-refractivity contribution in [1.29, 1.82) is 0 Å². The van der Waals surface area contributed by atoms with Gasteiger partial charge in [-0.05, 0) is 30.2 Å². The van der Waals surface area contributed by atoms with E-state index >= 15 is 0 Å². The zero-order valence-electron chi connectivity index (χ0n) is 15.2. The van der Waals surface area contributed by atoms with Crippen LogP contribution in [0, 0.1) is 5.82 Å². The fourth-order valence-corrected chi connectivity index (χ4v) is 3.53. The van der Waals surface area contributed by atoms with Crippen LogP contribution in [0.5, 0.6) is 0 Å². The molecule has 1 saturated heterocycles. The highest BCUT2D eigenvalue weighted by Crippen LogP contribution is 2.40. The summed E-state index contributed by atoms with van der Waals surface area (Å²) in [4.78, 5) is 25.8. The number of benzene rings is 2. The van der Waals surface area contributed by atoms with Crippen molar-refractivity contribution in [3.05, 3.63) is 71.5 Å². The molecular formula is C21H23FN2O3. The average molecular weight is 370 g/mol. The standard InChI is InChI=1S/C21H23FN2O3/c1-15(16-7-9-18(22)10-8-16)24-14-13-21(27-20(24)26,12-11-19(23)25)17-5-3-2-4-6-17/h2-10,15H,11-14H2,1H3,(H2,23,25)/t15-,21?/m0/s1. The molecule has 5 nitrogen and oxygen atoms in total. The van der Waals surface area contributed by atoms with Crippen molar-refractivity contribution < 1.29 is 18.7 Å². The van der Waals surface area contributed by atoms with E-state index in [1.165, 1.54) is 12.1 Å². The van der Waals surface area contributed by atoms with Crippen LogP contribution in [0.15, 0.2) is 54.6 Å². The van der Waals surface area contributed by atoms with E-state index in [-0.39, 0.29) is 18.3 Å². The number of nitrogens with zero attached hydrogens (tertiary/aromatic N) is 1. The van der Waals surface area contributed by atoms with Gasteiger partial charge >= 0.3 is 6.09 Å². The van der Waals surface area contributed by atoms with Gasteiger partial charge in [-0.15, -0.1) is 0 Å². The first-order valence-corrected chi connectivity index (χ1v) is 9.00. The van der Waals surface area contributed by atoms with Gasteiger partial charge < -0.3 is 15.4 Å². The van der Waals surface area contributed by atoms with E-state index in [1.54, 1.807) is 17.0 Å². The second-order valence-corrected chi connectivity index (χ2v) is 6.87. The van der Waals surface area contributed by atoms with E-state index in [4.69, 9.17) is 10.5 Å². The summed E-state index contributed by atoms with van der Waals surface area (Å²) < 4.78 is 19.1. The number of primary amides is 1. The van der Waals surface area contributed by atoms with Gasteiger partial charge in [-0.2, -0.15) is 0 Å². The Balaban J connectivity index is 1.82. The molecule has 2 aromatic carbocycles. The van der Waals surface area contributed by atoms with Gasteiger partial charge in [-0.25, -0.2) is 9.18 Å². The SMILES string of the molecule is C[C@@H](c1ccc(F)cc1)N1CCC(CCC(N)=O)(c2ccccc2)OC1=O. The molecule has 0 aliphatic carbocycles. The fraction of sp³-hybridized carbons (Fsp3) is 0.333. The summed E-state index contributed by atoms with van der Waals surface area (Å²) in [6.45, 7) is 2.35. The predicted molar refractivity (Wildman–Crippen MR) is 99.2 cm³/mol. The van der Waals surface area contributed by atoms with Crippen LogP contribution < -0.4 is 5.73 Å². The third-order valence-corrected chi connectivity index (χ3v) is 5.17. The number of carbonyl (C=O) groups excluding carboxylic acids is 2. The highest BCUT2D eigenvalue weighted by atomic mass is 19.1. The third kappa shape index (κ3) is 4.10. The first-order valence-electron chi connectivity index (χ1n) is 9.00. The number of carbonyl (C=O) groups is 2. The van der Waals surface area contributed by atoms with Gasteiger partial charge in [0.1, 0.15) is 11.4 Å². The van der Waals surface area contributed by atoms with Gasteiger partial charge in [0.15, 0.2) is 0 Å². The van der Waals surface area contributed by atoms with Crippen molar-refractivity contribution in [2.75, 3.05) is 6.54 Å². The van der Waals surface area contributed by atoms with Gasteiger partial charge in [-0.3, -0.25) is 4.79 Å². The number of amides is 2. The van der Waals surface area contributed by atoms with E-state index in [0.29, 0.717) is 19.4 Å². The second-order valence-electron chi connectivity index (χ2n) is 6.87. The lowest BCUT2D eigenvalue weighted by Gasteiger charge is -2.43. The van der Waals surface area contributed by atoms with Gasteiger partial charge in [0.05, 0.1) is 6.04 Å². The highest BCUT2D eigenvalue weighted by molar-refractivity contribution is 5.74. The Labute approximate surface area is 157 Å². The largest absolute Gasteiger partial charge is 0.438 e. The molecule has 1 aliphatic rings. The quantitative estimate of drug-likeness (QED) is 0.838. The maximum absolute atomic E-state index is 13.2. The highest BCUT2D eigenvalue weighted by Gasteiger charge is 2.43. The molecule has 27 heavy (non-hydrogen) atoms. The Hall–Kier alpha value is -2.89. The molecule has 0 radical (unpaired) electrons. The van der Waals surface area contributed by atoms with Gasteiger partial charge in [0.2, 0.25) is 5.91 Å². The van der Waals surface area contributed by atoms with Crippen molar-refractivity contribution in [3.63, 3.8) is 0 Å². The molecule has 1 aliphatic heterocycles. The Bertz CT molecular complexity index is 810. The van der Waals surface area contributed by atoms with Crippen LogP contribution in [0.1, 0.15) is 43.4 Å². The molecule has 2 amide bonds. The number of nitrogens with two attached hydrogens (primary N) is 1. The number of cyclic esters (lactones) is 1. The van der Waals surface area contributed by atoms with E-state index in [2.05, 4.69) is 0 Å². The average Bonchev–Trinajstić information content (AvgIpc) is 2.67. The normalized spacial score (nSPS) is 20.8. The van der Waals surface area contributed by atoms with E-state index < -0.39 is 17.6 Å². The lowest BCUT2D eigenvalue weighted by atomic mass is 9.84. The maximum atomic E-state index is 13.2. The van der Waals surface area contributed by atoms with Gasteiger partial charge in [0, 0.05) is 25.8 Å². The van der Waals surface area contributed by atoms with Crippen LogP contribution in [-0.2, 0) is 15.1 Å². The van der Waals surface area contributed by atoms with Gasteiger partial charge in [0.25, 0.3) is 0 Å². The molecule has 0 bridgehead atoms. The molecule has 0 aromatic heterocycles. The van der Waals surface area contributed by atoms with Crippen molar-refractivity contribution in [3.8, 4) is 0 Å². The lowest BCUT2D eigenvalue weighted by Crippen LogP contribution is -2.49. The molecule has 2 N–H and O–H groups in total. The molecule has 3 rings (SSSR count). The molecule has 0 spiro atoms. The molecule has 1 heterocycles. The number of ether oxygens (including phenoxy) is 1. The van der Waals surface area contributed by atoms with Crippen LogP contribution in [-0.4, -0.2) is 23.4 Å². The van der Waals surface area contributed by atoms with Crippen LogP contribution >= 0.6 is 0 Å². The topological polar surface area (TPSA) is 72.6 Å². The number of hydrogen-bond donors (Lipinski definition) is 1. The van der Waals surface area contributed by atoms with Crippen LogP contribution in [0.25, 0.3) is 0 Å². The minimum Gasteiger partial charge on any atom is -0.438 e. The third-order valence-electron chi connectivity index (χ3n) is 5.17. The second kappa shape index (κ2) is 7.78. The maximum Gasteiger partial charge on any atom is 0.411 e. The first-order chi connectivity index (χ1) is 12.9. The molecule has 1 unspecified atom stereocenters. The van der Waals surface area contributed by atoms with Crippen LogP contribution in [0.4, 0.5) is 9.18 Å². The summed E-state index contributed by atoms with van der Waals surface area (Å²) in [6.07, 6.45) is 0.570. The number of hydrogen-bond acceptors (Lipinski definition) is 3. The first kappa shape index (κ1) is 18.9. The Morgan fingerprint density at radius 2 is 1.89 bits per heavy atom.